The van der Waals surface area contributed by atoms with Gasteiger partial charge in [0.25, 0.3) is 0 Å². The summed E-state index contributed by atoms with van der Waals surface area (Å²) in [6.45, 7) is 4.29. The lowest BCUT2D eigenvalue weighted by Crippen LogP contribution is -2.38. The molecule has 6 heteroatoms. The first-order valence-corrected chi connectivity index (χ1v) is 7.52. The van der Waals surface area contributed by atoms with Crippen molar-refractivity contribution in [3.8, 4) is 0 Å². The van der Waals surface area contributed by atoms with Gasteiger partial charge in [0.1, 0.15) is 0 Å². The van der Waals surface area contributed by atoms with Crippen LogP contribution in [0.1, 0.15) is 24.5 Å². The van der Waals surface area contributed by atoms with Crippen molar-refractivity contribution in [3.05, 3.63) is 35.4 Å². The van der Waals surface area contributed by atoms with Gasteiger partial charge in [0.2, 0.25) is 0 Å². The van der Waals surface area contributed by atoms with E-state index in [0.29, 0.717) is 32.7 Å². The van der Waals surface area contributed by atoms with Gasteiger partial charge in [-0.25, -0.2) is 4.79 Å². The van der Waals surface area contributed by atoms with E-state index in [-0.39, 0.29) is 12.6 Å². The second-order valence-electron chi connectivity index (χ2n) is 5.33. The Hall–Kier alpha value is -2.08. The zero-order valence-electron chi connectivity index (χ0n) is 12.7. The molecule has 0 bridgehead atoms. The molecule has 2 rings (SSSR count). The Bertz CT molecular complexity index is 533. The van der Waals surface area contributed by atoms with Crippen molar-refractivity contribution in [1.29, 1.82) is 0 Å². The minimum atomic E-state index is -0.836. The van der Waals surface area contributed by atoms with Crippen LogP contribution in [0.3, 0.4) is 0 Å². The number of likely N-dealkylation sites (tertiary alicyclic amines) is 1. The lowest BCUT2D eigenvalue weighted by molar-refractivity contribution is -0.141. The van der Waals surface area contributed by atoms with E-state index in [2.05, 4.69) is 5.32 Å². The van der Waals surface area contributed by atoms with Crippen LogP contribution in [0, 0.1) is 5.92 Å². The number of nitrogens with one attached hydrogen (secondary N) is 1. The number of urea groups is 1. The van der Waals surface area contributed by atoms with Gasteiger partial charge in [-0.2, -0.15) is 0 Å². The Labute approximate surface area is 130 Å². The molecular formula is C16H22N2O4. The number of amides is 2. The minimum absolute atomic E-state index is 0.213. The van der Waals surface area contributed by atoms with Gasteiger partial charge in [0, 0.05) is 26.2 Å². The standard InChI is InChI=1S/C16H22N2O4/c1-2-22-11-14-6-4-3-5-12(14)9-17-16(21)18-8-7-13(10-18)15(19)20/h3-6,13H,2,7-11H2,1H3,(H,17,21)(H,19,20). The van der Waals surface area contributed by atoms with Gasteiger partial charge in [-0.05, 0) is 24.5 Å². The van der Waals surface area contributed by atoms with Gasteiger partial charge < -0.3 is 20.1 Å². The van der Waals surface area contributed by atoms with Crippen molar-refractivity contribution >= 4 is 12.0 Å². The quantitative estimate of drug-likeness (QED) is 0.840. The number of benzene rings is 1. The molecule has 1 saturated heterocycles. The molecule has 2 N–H and O–H groups in total. The third-order valence-electron chi connectivity index (χ3n) is 3.83. The molecule has 0 aromatic heterocycles. The second kappa shape index (κ2) is 7.79. The molecule has 120 valence electrons. The Kier molecular flexibility index (Phi) is 5.77. The van der Waals surface area contributed by atoms with E-state index in [4.69, 9.17) is 9.84 Å². The van der Waals surface area contributed by atoms with Crippen molar-refractivity contribution in [1.82, 2.24) is 10.2 Å². The molecule has 1 atom stereocenters. The smallest absolute Gasteiger partial charge is 0.317 e. The average molecular weight is 306 g/mol. The van der Waals surface area contributed by atoms with Crippen LogP contribution in [0.15, 0.2) is 24.3 Å². The van der Waals surface area contributed by atoms with Crippen LogP contribution in [-0.2, 0) is 22.7 Å². The zero-order valence-corrected chi connectivity index (χ0v) is 12.7. The maximum atomic E-state index is 12.1. The van der Waals surface area contributed by atoms with Crippen LogP contribution in [-0.4, -0.2) is 41.7 Å². The molecule has 1 aliphatic rings. The monoisotopic (exact) mass is 306 g/mol. The van der Waals surface area contributed by atoms with Crippen molar-refractivity contribution < 1.29 is 19.4 Å². The lowest BCUT2D eigenvalue weighted by Gasteiger charge is -2.17. The van der Waals surface area contributed by atoms with Crippen molar-refractivity contribution in [2.24, 2.45) is 5.92 Å². The number of aliphatic carboxylic acids is 1. The van der Waals surface area contributed by atoms with Crippen molar-refractivity contribution in [2.75, 3.05) is 19.7 Å². The van der Waals surface area contributed by atoms with E-state index in [9.17, 15) is 9.59 Å². The fraction of sp³-hybridized carbons (Fsp3) is 0.500. The molecule has 2 amide bonds. The van der Waals surface area contributed by atoms with E-state index in [0.717, 1.165) is 11.1 Å². The highest BCUT2D eigenvalue weighted by Crippen LogP contribution is 2.16. The largest absolute Gasteiger partial charge is 0.481 e. The van der Waals surface area contributed by atoms with Gasteiger partial charge >= 0.3 is 12.0 Å². The summed E-state index contributed by atoms with van der Waals surface area (Å²) < 4.78 is 5.42. The van der Waals surface area contributed by atoms with Crippen molar-refractivity contribution in [3.63, 3.8) is 0 Å². The molecule has 0 aliphatic carbocycles. The highest BCUT2D eigenvalue weighted by molar-refractivity contribution is 5.77. The van der Waals surface area contributed by atoms with E-state index < -0.39 is 11.9 Å². The van der Waals surface area contributed by atoms with Gasteiger partial charge in [0.15, 0.2) is 0 Å². The fourth-order valence-corrected chi connectivity index (χ4v) is 2.51. The molecule has 0 saturated carbocycles. The Balaban J connectivity index is 1.88. The molecule has 22 heavy (non-hydrogen) atoms. The molecule has 0 spiro atoms. The Morgan fingerprint density at radius 1 is 1.36 bits per heavy atom. The molecule has 6 nitrogen and oxygen atoms in total. The van der Waals surface area contributed by atoms with Crippen LogP contribution in [0.2, 0.25) is 0 Å². The highest BCUT2D eigenvalue weighted by Gasteiger charge is 2.30. The number of hydrogen-bond acceptors (Lipinski definition) is 3. The first-order chi connectivity index (χ1) is 10.6. The van der Waals surface area contributed by atoms with Crippen LogP contribution in [0.4, 0.5) is 4.79 Å². The molecule has 0 radical (unpaired) electrons. The van der Waals surface area contributed by atoms with Crippen LogP contribution >= 0.6 is 0 Å². The number of carboxylic acid groups (broad SMARTS) is 1. The van der Waals surface area contributed by atoms with Gasteiger partial charge in [0.05, 0.1) is 12.5 Å². The summed E-state index contributed by atoms with van der Waals surface area (Å²) in [5.41, 5.74) is 2.06. The van der Waals surface area contributed by atoms with Gasteiger partial charge in [-0.3, -0.25) is 4.79 Å². The Morgan fingerprint density at radius 2 is 2.09 bits per heavy atom. The third-order valence-corrected chi connectivity index (χ3v) is 3.83. The van der Waals surface area contributed by atoms with Crippen molar-refractivity contribution in [2.45, 2.75) is 26.5 Å². The molecule has 1 aliphatic heterocycles. The summed E-state index contributed by atoms with van der Waals surface area (Å²) in [6.07, 6.45) is 0.518. The van der Waals surface area contributed by atoms with Crippen LogP contribution < -0.4 is 5.32 Å². The third kappa shape index (κ3) is 4.21. The average Bonchev–Trinajstić information content (AvgIpc) is 3.01. The number of hydrogen-bond donors (Lipinski definition) is 2. The van der Waals surface area contributed by atoms with E-state index in [1.807, 2.05) is 31.2 Å². The maximum Gasteiger partial charge on any atom is 0.317 e. The predicted octanol–water partition coefficient (Wildman–Crippen LogP) is 1.84. The fourth-order valence-electron chi connectivity index (χ4n) is 2.51. The molecule has 1 heterocycles. The van der Waals surface area contributed by atoms with Gasteiger partial charge in [-0.1, -0.05) is 24.3 Å². The number of carboxylic acids is 1. The summed E-state index contributed by atoms with van der Waals surface area (Å²) in [6, 6.07) is 7.59. The second-order valence-corrected chi connectivity index (χ2v) is 5.33. The maximum absolute atomic E-state index is 12.1. The molecule has 1 unspecified atom stereocenters. The van der Waals surface area contributed by atoms with E-state index in [1.165, 1.54) is 0 Å². The van der Waals surface area contributed by atoms with E-state index in [1.54, 1.807) is 4.90 Å². The summed E-state index contributed by atoms with van der Waals surface area (Å²) in [7, 11) is 0. The molecule has 1 aromatic carbocycles. The predicted molar refractivity (Wildman–Crippen MR) is 81.3 cm³/mol. The van der Waals surface area contributed by atoms with Crippen LogP contribution in [0.5, 0.6) is 0 Å². The minimum Gasteiger partial charge on any atom is -0.481 e. The highest BCUT2D eigenvalue weighted by atomic mass is 16.5. The van der Waals surface area contributed by atoms with Gasteiger partial charge in [-0.15, -0.1) is 0 Å². The molecular weight excluding hydrogens is 284 g/mol. The zero-order chi connectivity index (χ0) is 15.9. The first kappa shape index (κ1) is 16.3. The summed E-state index contributed by atoms with van der Waals surface area (Å²) in [5, 5.41) is 11.8. The lowest BCUT2D eigenvalue weighted by atomic mass is 10.1. The normalized spacial score (nSPS) is 17.5. The number of carbonyl (C=O) groups is 2. The number of nitrogens with zero attached hydrogens (tertiary/aromatic N) is 1. The van der Waals surface area contributed by atoms with Crippen LogP contribution in [0.25, 0.3) is 0 Å². The summed E-state index contributed by atoms with van der Waals surface area (Å²) >= 11 is 0. The Morgan fingerprint density at radius 3 is 2.73 bits per heavy atom. The first-order valence-electron chi connectivity index (χ1n) is 7.52. The van der Waals surface area contributed by atoms with E-state index >= 15 is 0 Å². The summed E-state index contributed by atoms with van der Waals surface area (Å²) in [4.78, 5) is 24.6. The number of carbonyl (C=O) groups excluding carboxylic acids is 1. The molecule has 1 aromatic rings. The number of rotatable bonds is 6. The molecule has 1 fully saturated rings. The summed E-state index contributed by atoms with van der Waals surface area (Å²) in [5.74, 6) is -1.28. The topological polar surface area (TPSA) is 78.9 Å². The SMILES string of the molecule is CCOCc1ccccc1CNC(=O)N1CCC(C(=O)O)C1. The number of ether oxygens (including phenoxy) is 1.